The summed E-state index contributed by atoms with van der Waals surface area (Å²) in [5, 5.41) is 23.0. The van der Waals surface area contributed by atoms with Gasteiger partial charge >= 0.3 is 6.09 Å². The lowest BCUT2D eigenvalue weighted by molar-refractivity contribution is 0.0698. The highest BCUT2D eigenvalue weighted by Crippen LogP contribution is 2.46. The van der Waals surface area contributed by atoms with Crippen molar-refractivity contribution in [1.29, 1.82) is 0 Å². The summed E-state index contributed by atoms with van der Waals surface area (Å²) in [5.74, 6) is -2.61. The Morgan fingerprint density at radius 3 is 2.59 bits per heavy atom. The number of fused-ring (bicyclic) bond motifs is 2. The Balaban J connectivity index is 0.00000274. The van der Waals surface area contributed by atoms with Crippen molar-refractivity contribution in [3.8, 4) is 0 Å². The smallest absolute Gasteiger partial charge is 0.411 e. The van der Waals surface area contributed by atoms with Gasteiger partial charge in [-0.25, -0.2) is 18.6 Å². The summed E-state index contributed by atoms with van der Waals surface area (Å²) in [7, 11) is 0. The van der Waals surface area contributed by atoms with Gasteiger partial charge in [-0.3, -0.25) is 15.0 Å². The monoisotopic (exact) mass is 550 g/mol. The average Bonchev–Trinajstić information content (AvgIpc) is 3.27. The van der Waals surface area contributed by atoms with Crippen molar-refractivity contribution in [1.82, 2.24) is 9.97 Å². The first-order chi connectivity index (χ1) is 15.7. The van der Waals surface area contributed by atoms with Crippen LogP contribution in [0.1, 0.15) is 21.5 Å². The summed E-state index contributed by atoms with van der Waals surface area (Å²) >= 11 is 3.00. The maximum Gasteiger partial charge on any atom is 0.411 e. The molecule has 2 heterocycles. The number of amides is 2. The molecule has 1 aliphatic heterocycles. The first-order valence-electron chi connectivity index (χ1n) is 9.51. The second-order valence-corrected chi connectivity index (χ2v) is 8.18. The molecule has 0 saturated heterocycles. The van der Waals surface area contributed by atoms with E-state index in [-0.39, 0.29) is 45.2 Å². The summed E-state index contributed by atoms with van der Waals surface area (Å²) in [6, 6.07) is 12.5. The zero-order valence-corrected chi connectivity index (χ0v) is 19.2. The zero-order chi connectivity index (χ0) is 23.5. The maximum absolute atomic E-state index is 14.9. The number of halogens is 4. The van der Waals surface area contributed by atoms with Crippen molar-refractivity contribution in [2.75, 3.05) is 10.2 Å². The molecule has 1 aromatic heterocycles. The van der Waals surface area contributed by atoms with Gasteiger partial charge in [0.15, 0.2) is 5.72 Å². The van der Waals surface area contributed by atoms with E-state index in [9.17, 15) is 23.5 Å². The van der Waals surface area contributed by atoms with Crippen LogP contribution in [0.2, 0.25) is 0 Å². The largest absolute Gasteiger partial charge is 0.465 e. The molecule has 12 heteroatoms. The van der Waals surface area contributed by atoms with Gasteiger partial charge in [0.2, 0.25) is 5.95 Å². The van der Waals surface area contributed by atoms with E-state index < -0.39 is 29.4 Å². The second kappa shape index (κ2) is 8.35. The molecule has 2 amide bonds. The molecule has 174 valence electrons. The molecule has 34 heavy (non-hydrogen) atoms. The number of H-pyrrole nitrogens is 1. The maximum atomic E-state index is 14.9. The van der Waals surface area contributed by atoms with E-state index in [2.05, 4.69) is 31.2 Å². The zero-order valence-electron chi connectivity index (χ0n) is 16.8. The van der Waals surface area contributed by atoms with E-state index in [1.165, 1.54) is 24.3 Å². The Bertz CT molecular complexity index is 1480. The third-order valence-electron chi connectivity index (χ3n) is 5.40. The van der Waals surface area contributed by atoms with Crippen molar-refractivity contribution in [2.24, 2.45) is 0 Å². The molecule has 0 fully saturated rings. The Morgan fingerprint density at radius 2 is 1.85 bits per heavy atom. The summed E-state index contributed by atoms with van der Waals surface area (Å²) in [6.45, 7) is 0. The third-order valence-corrected chi connectivity index (χ3v) is 6.01. The minimum Gasteiger partial charge on any atom is -0.465 e. The van der Waals surface area contributed by atoms with Crippen LogP contribution >= 0.6 is 28.3 Å². The van der Waals surface area contributed by atoms with Crippen molar-refractivity contribution in [3.05, 3.63) is 87.4 Å². The van der Waals surface area contributed by atoms with Crippen molar-refractivity contribution < 1.29 is 28.6 Å². The van der Waals surface area contributed by atoms with Crippen LogP contribution in [-0.2, 0) is 5.72 Å². The first-order valence-corrected chi connectivity index (χ1v) is 10.3. The topological polar surface area (TPSA) is 119 Å². The molecule has 0 aliphatic carbocycles. The summed E-state index contributed by atoms with van der Waals surface area (Å²) in [4.78, 5) is 32.0. The number of hydrogen-bond donors (Lipinski definition) is 4. The fourth-order valence-corrected chi connectivity index (χ4v) is 4.33. The number of aromatic nitrogens is 2. The fraction of sp³-hybridized carbons (Fsp3) is 0.0455. The third kappa shape index (κ3) is 3.49. The summed E-state index contributed by atoms with van der Waals surface area (Å²) in [5.41, 5.74) is -1.21. The van der Waals surface area contributed by atoms with Crippen molar-refractivity contribution in [2.45, 2.75) is 5.72 Å². The van der Waals surface area contributed by atoms with Crippen molar-refractivity contribution >= 4 is 63.0 Å². The van der Waals surface area contributed by atoms with Gasteiger partial charge in [0.05, 0.1) is 21.2 Å². The highest BCUT2D eigenvalue weighted by Gasteiger charge is 2.51. The quantitative estimate of drug-likeness (QED) is 0.268. The van der Waals surface area contributed by atoms with Gasteiger partial charge in [-0.1, -0.05) is 24.3 Å². The van der Waals surface area contributed by atoms with E-state index >= 15 is 0 Å². The van der Waals surface area contributed by atoms with Gasteiger partial charge < -0.3 is 15.2 Å². The van der Waals surface area contributed by atoms with Crippen LogP contribution in [0.15, 0.2) is 59.1 Å². The van der Waals surface area contributed by atoms with E-state index in [0.717, 1.165) is 11.0 Å². The Kier molecular flexibility index (Phi) is 5.80. The predicted molar refractivity (Wildman–Crippen MR) is 125 cm³/mol. The number of carbonyl (C=O) groups is 2. The highest BCUT2D eigenvalue weighted by molar-refractivity contribution is 9.10. The number of carbonyl (C=O) groups excluding carboxylic acids is 1. The number of aromatic amines is 1. The molecule has 0 radical (unpaired) electrons. The molecule has 5 rings (SSSR count). The van der Waals surface area contributed by atoms with Gasteiger partial charge in [-0.05, 0) is 40.2 Å². The number of aliphatic hydroxyl groups is 1. The molecule has 1 aliphatic rings. The van der Waals surface area contributed by atoms with Gasteiger partial charge in [0, 0.05) is 22.8 Å². The SMILES string of the molecule is Cl.O=C(O)Nc1nc2cc(C3(O)c4ccccc4C(=O)N3c3cc(Br)c(F)cc3F)ccc2[nH]1. The number of benzene rings is 3. The lowest BCUT2D eigenvalue weighted by atomic mass is 9.93. The number of carboxylic acid groups (broad SMARTS) is 1. The lowest BCUT2D eigenvalue weighted by Crippen LogP contribution is -2.45. The predicted octanol–water partition coefficient (Wildman–Crippen LogP) is 4.97. The number of hydrogen-bond acceptors (Lipinski definition) is 4. The number of nitrogens with one attached hydrogen (secondary N) is 2. The van der Waals surface area contributed by atoms with Crippen LogP contribution in [-0.4, -0.2) is 32.2 Å². The number of rotatable bonds is 3. The summed E-state index contributed by atoms with van der Waals surface area (Å²) < 4.78 is 28.7. The van der Waals surface area contributed by atoms with Gasteiger partial charge in [0.1, 0.15) is 11.6 Å². The van der Waals surface area contributed by atoms with E-state index in [1.807, 2.05) is 0 Å². The van der Waals surface area contributed by atoms with Gasteiger partial charge in [0.25, 0.3) is 5.91 Å². The van der Waals surface area contributed by atoms with Crippen LogP contribution in [0.5, 0.6) is 0 Å². The minimum absolute atomic E-state index is 0. The van der Waals surface area contributed by atoms with Crippen LogP contribution in [0.4, 0.5) is 25.2 Å². The van der Waals surface area contributed by atoms with Crippen molar-refractivity contribution in [3.63, 3.8) is 0 Å². The molecule has 8 nitrogen and oxygen atoms in total. The van der Waals surface area contributed by atoms with E-state index in [4.69, 9.17) is 5.11 Å². The Hall–Kier alpha value is -3.54. The van der Waals surface area contributed by atoms with Crippen LogP contribution in [0, 0.1) is 11.6 Å². The fourth-order valence-electron chi connectivity index (χ4n) is 4.00. The van der Waals surface area contributed by atoms with E-state index in [0.29, 0.717) is 17.1 Å². The van der Waals surface area contributed by atoms with Crippen LogP contribution in [0.3, 0.4) is 0 Å². The molecule has 1 unspecified atom stereocenters. The lowest BCUT2D eigenvalue weighted by Gasteiger charge is -2.35. The molecule has 0 saturated carbocycles. The number of imidazole rings is 1. The normalized spacial score (nSPS) is 16.9. The Morgan fingerprint density at radius 1 is 1.12 bits per heavy atom. The average molecular weight is 552 g/mol. The standard InChI is InChI=1S/C22H13BrF2N4O4.ClH/c23-13-8-18(15(25)9-14(13)24)29-19(30)11-3-1-2-4-12(11)22(29,33)10-5-6-16-17(7-10)27-20(26-16)28-21(31)32;/h1-9,33H,(H,31,32)(H2,26,27,28);1H. The number of anilines is 2. The van der Waals surface area contributed by atoms with Gasteiger partial charge in [-0.15, -0.1) is 12.4 Å². The molecule has 1 atom stereocenters. The van der Waals surface area contributed by atoms with Gasteiger partial charge in [-0.2, -0.15) is 0 Å². The molecule has 4 N–H and O–H groups in total. The molecule has 0 bridgehead atoms. The van der Waals surface area contributed by atoms with E-state index in [1.54, 1.807) is 18.2 Å². The van der Waals surface area contributed by atoms with Crippen LogP contribution < -0.4 is 10.2 Å². The van der Waals surface area contributed by atoms with Crippen LogP contribution in [0.25, 0.3) is 11.0 Å². The molecule has 0 spiro atoms. The highest BCUT2D eigenvalue weighted by atomic mass is 79.9. The summed E-state index contributed by atoms with van der Waals surface area (Å²) in [6.07, 6.45) is -1.31. The molecule has 3 aromatic carbocycles. The minimum atomic E-state index is -2.15. The first kappa shape index (κ1) is 23.6. The second-order valence-electron chi connectivity index (χ2n) is 7.32. The molecular formula is C22H14BrClF2N4O4. The molecular weight excluding hydrogens is 538 g/mol. The Labute approximate surface area is 204 Å². The molecule has 4 aromatic rings. The number of nitrogens with zero attached hydrogens (tertiary/aromatic N) is 2.